The van der Waals surface area contributed by atoms with Crippen LogP contribution in [0.1, 0.15) is 60.9 Å². The van der Waals surface area contributed by atoms with Gasteiger partial charge in [-0.15, -0.1) is 0 Å². The molecule has 4 saturated carbocycles. The number of ether oxygens (including phenoxy) is 1. The Labute approximate surface area is 149 Å². The largest absolute Gasteiger partial charge is 0.465 e. The minimum atomic E-state index is -0.500. The molecule has 25 heavy (non-hydrogen) atoms. The molecule has 4 fully saturated rings. The van der Waals surface area contributed by atoms with Crippen molar-refractivity contribution in [1.82, 2.24) is 5.32 Å². The van der Waals surface area contributed by atoms with Crippen LogP contribution in [0, 0.1) is 29.0 Å². The molecule has 1 aromatic rings. The summed E-state index contributed by atoms with van der Waals surface area (Å²) in [6, 6.07) is 4.58. The highest BCUT2D eigenvalue weighted by Gasteiger charge is 2.50. The van der Waals surface area contributed by atoms with Crippen molar-refractivity contribution in [2.45, 2.75) is 51.5 Å². The number of hydrogen-bond acceptors (Lipinski definition) is 3. The zero-order valence-corrected chi connectivity index (χ0v) is 15.0. The molecular formula is C21H28FNO2. The molecule has 4 bridgehead atoms. The van der Waals surface area contributed by atoms with Crippen LogP contribution in [-0.4, -0.2) is 19.6 Å². The highest BCUT2D eigenvalue weighted by molar-refractivity contribution is 5.89. The van der Waals surface area contributed by atoms with Crippen molar-refractivity contribution < 1.29 is 13.9 Å². The molecule has 0 aliphatic heterocycles. The zero-order chi connectivity index (χ0) is 17.4. The number of rotatable bonds is 6. The van der Waals surface area contributed by atoms with E-state index in [4.69, 9.17) is 0 Å². The minimum Gasteiger partial charge on any atom is -0.465 e. The lowest BCUT2D eigenvalue weighted by Gasteiger charge is -2.57. The number of esters is 1. The van der Waals surface area contributed by atoms with Gasteiger partial charge in [-0.2, -0.15) is 0 Å². The maximum absolute atomic E-state index is 14.1. The van der Waals surface area contributed by atoms with E-state index in [0.717, 1.165) is 24.3 Å². The molecule has 4 heteroatoms. The van der Waals surface area contributed by atoms with Gasteiger partial charge >= 0.3 is 5.97 Å². The van der Waals surface area contributed by atoms with Crippen molar-refractivity contribution in [3.05, 3.63) is 35.1 Å². The average Bonchev–Trinajstić information content (AvgIpc) is 2.58. The Bertz CT molecular complexity index is 622. The molecule has 0 unspecified atom stereocenters. The molecule has 1 aromatic carbocycles. The van der Waals surface area contributed by atoms with Crippen molar-refractivity contribution in [3.8, 4) is 0 Å². The number of benzene rings is 1. The van der Waals surface area contributed by atoms with Gasteiger partial charge in [-0.3, -0.25) is 0 Å². The topological polar surface area (TPSA) is 38.3 Å². The van der Waals surface area contributed by atoms with Gasteiger partial charge in [0.25, 0.3) is 0 Å². The van der Waals surface area contributed by atoms with E-state index in [-0.39, 0.29) is 11.4 Å². The van der Waals surface area contributed by atoms with Gasteiger partial charge in [-0.25, -0.2) is 9.18 Å². The summed E-state index contributed by atoms with van der Waals surface area (Å²) in [7, 11) is 1.31. The normalized spacial score (nSPS) is 32.8. The maximum atomic E-state index is 14.1. The molecule has 0 spiro atoms. The summed E-state index contributed by atoms with van der Waals surface area (Å²) < 4.78 is 18.8. The minimum absolute atomic E-state index is 0.261. The smallest absolute Gasteiger partial charge is 0.337 e. The SMILES string of the molecule is COC(=O)c1ccc(CNCCC23CC4CC(CC(C4)C2)C3)c(F)c1. The molecule has 4 aliphatic rings. The first kappa shape index (κ1) is 17.0. The molecule has 5 rings (SSSR count). The van der Waals surface area contributed by atoms with Gasteiger partial charge in [0, 0.05) is 12.1 Å². The predicted octanol–water partition coefficient (Wildman–Crippen LogP) is 4.31. The van der Waals surface area contributed by atoms with Crippen LogP contribution in [0.25, 0.3) is 0 Å². The lowest BCUT2D eigenvalue weighted by molar-refractivity contribution is -0.0567. The third kappa shape index (κ3) is 3.46. The van der Waals surface area contributed by atoms with Crippen LogP contribution >= 0.6 is 0 Å². The van der Waals surface area contributed by atoms with Crippen LogP contribution in [0.3, 0.4) is 0 Å². The number of carbonyl (C=O) groups is 1. The fourth-order valence-corrected chi connectivity index (χ4v) is 6.11. The molecule has 0 amide bonds. The number of carbonyl (C=O) groups excluding carboxylic acids is 1. The van der Waals surface area contributed by atoms with Gasteiger partial charge in [0.05, 0.1) is 12.7 Å². The fraction of sp³-hybridized carbons (Fsp3) is 0.667. The summed E-state index contributed by atoms with van der Waals surface area (Å²) in [6.45, 7) is 1.46. The third-order valence-corrected chi connectivity index (χ3v) is 6.79. The van der Waals surface area contributed by atoms with Crippen LogP contribution in [-0.2, 0) is 11.3 Å². The second-order valence-corrected chi connectivity index (χ2v) is 8.64. The molecule has 0 aromatic heterocycles. The van der Waals surface area contributed by atoms with Gasteiger partial charge < -0.3 is 10.1 Å². The number of halogens is 1. The summed E-state index contributed by atoms with van der Waals surface area (Å²) in [4.78, 5) is 11.4. The molecule has 0 atom stereocenters. The molecule has 0 heterocycles. The summed E-state index contributed by atoms with van der Waals surface area (Å²) in [5.41, 5.74) is 1.44. The molecule has 1 N–H and O–H groups in total. The van der Waals surface area contributed by atoms with E-state index in [0.29, 0.717) is 17.5 Å². The number of hydrogen-bond donors (Lipinski definition) is 1. The van der Waals surface area contributed by atoms with Gasteiger partial charge in [-0.1, -0.05) is 6.07 Å². The molecule has 136 valence electrons. The van der Waals surface area contributed by atoms with Crippen LogP contribution in [0.2, 0.25) is 0 Å². The first-order chi connectivity index (χ1) is 12.1. The maximum Gasteiger partial charge on any atom is 0.337 e. The molecule has 0 saturated heterocycles. The van der Waals surface area contributed by atoms with Gasteiger partial charge in [0.2, 0.25) is 0 Å². The third-order valence-electron chi connectivity index (χ3n) is 6.79. The van der Waals surface area contributed by atoms with Gasteiger partial charge in [-0.05, 0) is 86.8 Å². The van der Waals surface area contributed by atoms with Crippen molar-refractivity contribution in [3.63, 3.8) is 0 Å². The van der Waals surface area contributed by atoms with E-state index in [1.54, 1.807) is 12.1 Å². The lowest BCUT2D eigenvalue weighted by Crippen LogP contribution is -2.47. The van der Waals surface area contributed by atoms with Crippen LogP contribution in [0.15, 0.2) is 18.2 Å². The van der Waals surface area contributed by atoms with E-state index in [1.165, 1.54) is 58.1 Å². The Morgan fingerprint density at radius 1 is 1.20 bits per heavy atom. The van der Waals surface area contributed by atoms with E-state index in [1.807, 2.05) is 0 Å². The lowest BCUT2D eigenvalue weighted by atomic mass is 9.49. The zero-order valence-electron chi connectivity index (χ0n) is 15.0. The molecule has 4 aliphatic carbocycles. The van der Waals surface area contributed by atoms with Crippen molar-refractivity contribution in [2.75, 3.05) is 13.7 Å². The monoisotopic (exact) mass is 345 g/mol. The fourth-order valence-electron chi connectivity index (χ4n) is 6.11. The number of methoxy groups -OCH3 is 1. The number of nitrogens with one attached hydrogen (secondary N) is 1. The summed E-state index contributed by atoms with van der Waals surface area (Å²) >= 11 is 0. The average molecular weight is 345 g/mol. The Morgan fingerprint density at radius 2 is 1.84 bits per heavy atom. The predicted molar refractivity (Wildman–Crippen MR) is 94.7 cm³/mol. The molecule has 3 nitrogen and oxygen atoms in total. The van der Waals surface area contributed by atoms with E-state index in [9.17, 15) is 9.18 Å². The Kier molecular flexibility index (Phi) is 4.57. The summed E-state index contributed by atoms with van der Waals surface area (Å²) in [5.74, 6) is 2.10. The second kappa shape index (κ2) is 6.71. The van der Waals surface area contributed by atoms with Crippen molar-refractivity contribution in [2.24, 2.45) is 23.2 Å². The van der Waals surface area contributed by atoms with Crippen LogP contribution in [0.4, 0.5) is 4.39 Å². The quantitative estimate of drug-likeness (QED) is 0.617. The Balaban J connectivity index is 1.29. The highest BCUT2D eigenvalue weighted by atomic mass is 19.1. The van der Waals surface area contributed by atoms with Crippen molar-refractivity contribution in [1.29, 1.82) is 0 Å². The van der Waals surface area contributed by atoms with Crippen LogP contribution < -0.4 is 5.32 Å². The first-order valence-corrected chi connectivity index (χ1v) is 9.64. The van der Waals surface area contributed by atoms with Crippen LogP contribution in [0.5, 0.6) is 0 Å². The highest BCUT2D eigenvalue weighted by Crippen LogP contribution is 2.61. The van der Waals surface area contributed by atoms with Crippen molar-refractivity contribution >= 4 is 5.97 Å². The summed E-state index contributed by atoms with van der Waals surface area (Å²) in [5, 5.41) is 3.42. The van der Waals surface area contributed by atoms with Gasteiger partial charge in [0.15, 0.2) is 0 Å². The van der Waals surface area contributed by atoms with E-state index >= 15 is 0 Å². The first-order valence-electron chi connectivity index (χ1n) is 9.64. The Hall–Kier alpha value is -1.42. The summed E-state index contributed by atoms with van der Waals surface area (Å²) in [6.07, 6.45) is 9.91. The second-order valence-electron chi connectivity index (χ2n) is 8.64. The van der Waals surface area contributed by atoms with E-state index < -0.39 is 5.97 Å². The van der Waals surface area contributed by atoms with Gasteiger partial charge in [0.1, 0.15) is 5.82 Å². The standard InChI is InChI=1S/C21H28FNO2/c1-25-20(24)17-2-3-18(19(22)9-17)13-23-5-4-21-10-14-6-15(11-21)8-16(7-14)12-21/h2-3,9,14-16,23H,4-8,10-13H2,1H3. The molecular weight excluding hydrogens is 317 g/mol. The van der Waals surface area contributed by atoms with E-state index in [2.05, 4.69) is 10.1 Å². The Morgan fingerprint density at radius 3 is 2.40 bits per heavy atom. The molecule has 0 radical (unpaired) electrons.